The summed E-state index contributed by atoms with van der Waals surface area (Å²) in [5.41, 5.74) is 0. The number of likely N-dealkylation sites (N-methyl/N-ethyl adjacent to an activating group) is 1. The second-order valence-electron chi connectivity index (χ2n) is 1.82. The van der Waals surface area contributed by atoms with Crippen LogP contribution in [0.15, 0.2) is 0 Å². The van der Waals surface area contributed by atoms with Crippen LogP contribution in [0.4, 0.5) is 0 Å². The van der Waals surface area contributed by atoms with Crippen LogP contribution in [-0.2, 0) is 9.53 Å². The van der Waals surface area contributed by atoms with Crippen LogP contribution in [0, 0.1) is 0 Å². The monoisotopic (exact) mass is 115 g/mol. The van der Waals surface area contributed by atoms with Gasteiger partial charge in [0.2, 0.25) is 0 Å². The smallest absolute Gasteiger partial charge is 0.177 e. The summed E-state index contributed by atoms with van der Waals surface area (Å²) in [6, 6.07) is -0.0463. The van der Waals surface area contributed by atoms with Crippen LogP contribution in [0.2, 0.25) is 0 Å². The molecule has 8 heavy (non-hydrogen) atoms. The van der Waals surface area contributed by atoms with Gasteiger partial charge in [0.25, 0.3) is 0 Å². The highest BCUT2D eigenvalue weighted by molar-refractivity contribution is 5.86. The molecule has 1 aliphatic rings. The average Bonchev–Trinajstić information content (AvgIpc) is 2.14. The molecule has 0 saturated carbocycles. The van der Waals surface area contributed by atoms with Gasteiger partial charge in [-0.3, -0.25) is 4.79 Å². The standard InChI is InChI=1S/C5H9NO2/c1-6-4-2-8-3-5(4)7/h4,6H,2-3H2,1H3/t4-/m0/s1. The zero-order valence-electron chi connectivity index (χ0n) is 4.81. The minimum absolute atomic E-state index is 0.0463. The fourth-order valence-electron chi connectivity index (χ4n) is 0.715. The predicted molar refractivity (Wildman–Crippen MR) is 28.7 cm³/mol. The van der Waals surface area contributed by atoms with Gasteiger partial charge in [-0.05, 0) is 7.05 Å². The molecule has 0 aliphatic carbocycles. The summed E-state index contributed by atoms with van der Waals surface area (Å²) in [4.78, 5) is 10.6. The van der Waals surface area contributed by atoms with Gasteiger partial charge < -0.3 is 10.1 Å². The van der Waals surface area contributed by atoms with Crippen molar-refractivity contribution in [3.05, 3.63) is 0 Å². The van der Waals surface area contributed by atoms with Crippen LogP contribution in [0.3, 0.4) is 0 Å². The molecule has 0 aromatic heterocycles. The van der Waals surface area contributed by atoms with E-state index < -0.39 is 0 Å². The lowest BCUT2D eigenvalue weighted by molar-refractivity contribution is -0.119. The number of hydrogen-bond donors (Lipinski definition) is 1. The Labute approximate surface area is 48.0 Å². The fraction of sp³-hybridized carbons (Fsp3) is 0.800. The maximum atomic E-state index is 10.6. The Morgan fingerprint density at radius 2 is 2.62 bits per heavy atom. The molecule has 3 nitrogen and oxygen atoms in total. The van der Waals surface area contributed by atoms with E-state index in [1.54, 1.807) is 7.05 Å². The highest BCUT2D eigenvalue weighted by Gasteiger charge is 2.22. The van der Waals surface area contributed by atoms with Crippen LogP contribution >= 0.6 is 0 Å². The summed E-state index contributed by atoms with van der Waals surface area (Å²) in [5.74, 6) is 0.160. The second kappa shape index (κ2) is 2.24. The zero-order valence-corrected chi connectivity index (χ0v) is 4.81. The van der Waals surface area contributed by atoms with Gasteiger partial charge >= 0.3 is 0 Å². The van der Waals surface area contributed by atoms with E-state index >= 15 is 0 Å². The number of ether oxygens (including phenoxy) is 1. The number of hydrogen-bond acceptors (Lipinski definition) is 3. The Hall–Kier alpha value is -0.410. The lowest BCUT2D eigenvalue weighted by Gasteiger charge is -1.99. The molecule has 0 spiro atoms. The van der Waals surface area contributed by atoms with Crippen molar-refractivity contribution in [2.24, 2.45) is 0 Å². The van der Waals surface area contributed by atoms with Crippen molar-refractivity contribution in [2.45, 2.75) is 6.04 Å². The lowest BCUT2D eigenvalue weighted by atomic mass is 10.2. The summed E-state index contributed by atoms with van der Waals surface area (Å²) >= 11 is 0. The third-order valence-electron chi connectivity index (χ3n) is 1.27. The van der Waals surface area contributed by atoms with Crippen molar-refractivity contribution in [3.8, 4) is 0 Å². The van der Waals surface area contributed by atoms with Gasteiger partial charge in [-0.15, -0.1) is 0 Å². The van der Waals surface area contributed by atoms with Gasteiger partial charge in [0.1, 0.15) is 6.61 Å². The molecule has 1 aliphatic heterocycles. The lowest BCUT2D eigenvalue weighted by Crippen LogP contribution is -2.32. The van der Waals surface area contributed by atoms with E-state index in [2.05, 4.69) is 5.32 Å². The number of rotatable bonds is 1. The topological polar surface area (TPSA) is 38.3 Å². The number of carbonyl (C=O) groups is 1. The largest absolute Gasteiger partial charge is 0.372 e. The van der Waals surface area contributed by atoms with E-state index in [1.165, 1.54) is 0 Å². The van der Waals surface area contributed by atoms with Crippen molar-refractivity contribution in [1.29, 1.82) is 0 Å². The molecule has 1 fully saturated rings. The second-order valence-corrected chi connectivity index (χ2v) is 1.82. The van der Waals surface area contributed by atoms with Gasteiger partial charge in [0.15, 0.2) is 5.78 Å². The van der Waals surface area contributed by atoms with Crippen LogP contribution in [0.1, 0.15) is 0 Å². The highest BCUT2D eigenvalue weighted by Crippen LogP contribution is 1.96. The van der Waals surface area contributed by atoms with E-state index in [0.29, 0.717) is 6.61 Å². The van der Waals surface area contributed by atoms with Crippen molar-refractivity contribution >= 4 is 5.78 Å². The summed E-state index contributed by atoms with van der Waals surface area (Å²) < 4.78 is 4.85. The Morgan fingerprint density at radius 1 is 1.88 bits per heavy atom. The molecule has 0 aromatic rings. The van der Waals surface area contributed by atoms with E-state index in [-0.39, 0.29) is 18.4 Å². The van der Waals surface area contributed by atoms with Crippen LogP contribution < -0.4 is 5.32 Å². The Kier molecular flexibility index (Phi) is 1.60. The first-order valence-electron chi connectivity index (χ1n) is 2.62. The van der Waals surface area contributed by atoms with Gasteiger partial charge in [-0.2, -0.15) is 0 Å². The SMILES string of the molecule is CN[C@H]1COCC1=O. The van der Waals surface area contributed by atoms with Gasteiger partial charge in [-0.25, -0.2) is 0 Å². The maximum absolute atomic E-state index is 10.6. The molecule has 0 amide bonds. The summed E-state index contributed by atoms with van der Waals surface area (Å²) in [5, 5.41) is 2.84. The van der Waals surface area contributed by atoms with Crippen LogP contribution in [0.5, 0.6) is 0 Å². The molecule has 0 radical (unpaired) electrons. The van der Waals surface area contributed by atoms with Crippen molar-refractivity contribution < 1.29 is 9.53 Å². The molecular weight excluding hydrogens is 106 g/mol. The molecule has 3 heteroatoms. The molecule has 1 atom stereocenters. The molecule has 0 unspecified atom stereocenters. The number of nitrogens with one attached hydrogen (secondary N) is 1. The Morgan fingerprint density at radius 3 is 2.88 bits per heavy atom. The van der Waals surface area contributed by atoms with Crippen LogP contribution in [0.25, 0.3) is 0 Å². The Balaban J connectivity index is 2.42. The summed E-state index contributed by atoms with van der Waals surface area (Å²) in [6.07, 6.45) is 0. The third kappa shape index (κ3) is 0.877. The number of ketones is 1. The molecule has 1 N–H and O–H groups in total. The van der Waals surface area contributed by atoms with Gasteiger partial charge in [0, 0.05) is 0 Å². The normalized spacial score (nSPS) is 29.1. The van der Waals surface area contributed by atoms with Crippen molar-refractivity contribution in [2.75, 3.05) is 20.3 Å². The predicted octanol–water partition coefficient (Wildman–Crippen LogP) is -0.826. The number of carbonyl (C=O) groups excluding carboxylic acids is 1. The minimum Gasteiger partial charge on any atom is -0.372 e. The molecule has 1 rings (SSSR count). The average molecular weight is 115 g/mol. The minimum atomic E-state index is -0.0463. The van der Waals surface area contributed by atoms with Gasteiger partial charge in [0.05, 0.1) is 12.6 Å². The maximum Gasteiger partial charge on any atom is 0.177 e. The third-order valence-corrected chi connectivity index (χ3v) is 1.27. The molecule has 1 saturated heterocycles. The van der Waals surface area contributed by atoms with E-state index in [4.69, 9.17) is 4.74 Å². The van der Waals surface area contributed by atoms with Crippen LogP contribution in [-0.4, -0.2) is 32.1 Å². The first-order valence-corrected chi connectivity index (χ1v) is 2.62. The molecule has 0 aromatic carbocycles. The van der Waals surface area contributed by atoms with E-state index in [1.807, 2.05) is 0 Å². The quantitative estimate of drug-likeness (QED) is 0.485. The first kappa shape index (κ1) is 5.72. The fourth-order valence-corrected chi connectivity index (χ4v) is 0.715. The zero-order chi connectivity index (χ0) is 5.98. The first-order chi connectivity index (χ1) is 3.84. The van der Waals surface area contributed by atoms with Gasteiger partial charge in [-0.1, -0.05) is 0 Å². The summed E-state index contributed by atoms with van der Waals surface area (Å²) in [6.45, 7) is 0.820. The molecule has 1 heterocycles. The Bertz CT molecular complexity index is 103. The summed E-state index contributed by atoms with van der Waals surface area (Å²) in [7, 11) is 1.76. The molecule has 46 valence electrons. The van der Waals surface area contributed by atoms with Crippen molar-refractivity contribution in [3.63, 3.8) is 0 Å². The molecular formula is C5H9NO2. The van der Waals surface area contributed by atoms with E-state index in [0.717, 1.165) is 0 Å². The highest BCUT2D eigenvalue weighted by atomic mass is 16.5. The number of Topliss-reactive ketones (excluding diaryl/α,β-unsaturated/α-hetero) is 1. The van der Waals surface area contributed by atoms with Crippen molar-refractivity contribution in [1.82, 2.24) is 5.32 Å². The molecule has 0 bridgehead atoms. The van der Waals surface area contributed by atoms with E-state index in [9.17, 15) is 4.79 Å².